The zero-order valence-electron chi connectivity index (χ0n) is 39.3. The summed E-state index contributed by atoms with van der Waals surface area (Å²) in [6, 6.07) is 8.08. The predicted octanol–water partition coefficient (Wildman–Crippen LogP) is 3.24. The number of nitrogens with zero attached hydrogens (tertiary/aromatic N) is 4. The van der Waals surface area contributed by atoms with E-state index in [0.29, 0.717) is 42.5 Å². The number of carbonyl (C=O) groups is 2. The average molecular weight is 1180 g/mol. The summed E-state index contributed by atoms with van der Waals surface area (Å²) < 4.78 is 173. The first-order valence-electron chi connectivity index (χ1n) is 17.8. The van der Waals surface area contributed by atoms with Gasteiger partial charge in [-0.1, -0.05) is 6.07 Å². The third kappa shape index (κ3) is 16.3. The molecule has 0 saturated carbocycles. The van der Waals surface area contributed by atoms with Crippen LogP contribution in [0.1, 0.15) is 27.6 Å². The number of azo groups is 2. The van der Waals surface area contributed by atoms with Gasteiger partial charge in [0.2, 0.25) is 0 Å². The van der Waals surface area contributed by atoms with Crippen LogP contribution in [0.25, 0.3) is 21.5 Å². The molecule has 0 spiro atoms. The Bertz CT molecular complexity index is 3870. The summed E-state index contributed by atoms with van der Waals surface area (Å²) in [5, 5.41) is 64.0. The number of carboxylic acid groups (broad SMARTS) is 2. The first kappa shape index (κ1) is 72.6. The predicted molar refractivity (Wildman–Crippen MR) is 264 cm³/mol. The van der Waals surface area contributed by atoms with Crippen LogP contribution in [0.4, 0.5) is 28.4 Å². The van der Waals surface area contributed by atoms with Gasteiger partial charge in [-0.2, -0.15) is 38.8 Å². The molecule has 27 nitrogen and oxygen atoms in total. The first-order chi connectivity index (χ1) is 31.3. The van der Waals surface area contributed by atoms with Crippen LogP contribution in [0, 0.1) is 0 Å². The first-order valence-corrected chi connectivity index (χ1v) is 25.1. The topological polar surface area (TPSA) is 458 Å². The number of ether oxygens (including phenoxy) is 1. The van der Waals surface area contributed by atoms with E-state index in [2.05, 4.69) is 20.5 Å². The number of aromatic hydroxyl groups is 3. The van der Waals surface area contributed by atoms with Crippen molar-refractivity contribution in [2.24, 2.45) is 20.5 Å². The van der Waals surface area contributed by atoms with E-state index in [-0.39, 0.29) is 200 Å². The van der Waals surface area contributed by atoms with E-state index in [9.17, 15) is 95.4 Å². The van der Waals surface area contributed by atoms with E-state index in [1.54, 1.807) is 0 Å². The molecule has 0 aromatic heterocycles. The molecule has 6 aromatic rings. The molecule has 364 valence electrons. The Balaban J connectivity index is 0.00000888. The van der Waals surface area contributed by atoms with Crippen LogP contribution in [0.3, 0.4) is 0 Å². The molecule has 0 bridgehead atoms. The third-order valence-corrected chi connectivity index (χ3v) is 13.9. The number of anilines is 1. The zero-order chi connectivity index (χ0) is 50.6. The van der Waals surface area contributed by atoms with Gasteiger partial charge < -0.3 is 30.3 Å². The molecule has 0 heterocycles. The second-order valence-electron chi connectivity index (χ2n) is 13.6. The van der Waals surface area contributed by atoms with Gasteiger partial charge in [0, 0.05) is 194 Å². The van der Waals surface area contributed by atoms with Crippen molar-refractivity contribution >= 4 is 290 Å². The van der Waals surface area contributed by atoms with Crippen molar-refractivity contribution in [3.05, 3.63) is 83.9 Å². The molecule has 0 unspecified atom stereocenters. The molecule has 0 aliphatic rings. The van der Waals surface area contributed by atoms with Gasteiger partial charge in [0.05, 0.1) is 43.7 Å². The Morgan fingerprint density at radius 2 is 1.09 bits per heavy atom. The van der Waals surface area contributed by atoms with E-state index < -0.39 is 154 Å². The Kier molecular flexibility index (Phi) is 27.1. The molecular formula is C36H27N5Na6O22S5. The number of hydrogen-bond donors (Lipinski definition) is 10. The number of carboxylic acids is 2. The van der Waals surface area contributed by atoms with Crippen LogP contribution >= 0.6 is 0 Å². The van der Waals surface area contributed by atoms with Gasteiger partial charge in [0.1, 0.15) is 43.8 Å². The number of phenols is 3. The van der Waals surface area contributed by atoms with Gasteiger partial charge in [0.15, 0.2) is 11.5 Å². The molecule has 0 saturated heterocycles. The van der Waals surface area contributed by atoms with E-state index >= 15 is 0 Å². The minimum absolute atomic E-state index is 0. The second-order valence-corrected chi connectivity index (χ2v) is 20.9. The Labute approximate surface area is 551 Å². The molecule has 0 atom stereocenters. The van der Waals surface area contributed by atoms with Crippen molar-refractivity contribution in [3.8, 4) is 23.0 Å². The van der Waals surface area contributed by atoms with Gasteiger partial charge >= 0.3 is 11.9 Å². The summed E-state index contributed by atoms with van der Waals surface area (Å²) in [5.74, 6) is -7.63. The summed E-state index contributed by atoms with van der Waals surface area (Å²) >= 11 is 0. The summed E-state index contributed by atoms with van der Waals surface area (Å²) in [4.78, 5) is 18.0. The molecular weight excluding hydrogens is 1150 g/mol. The minimum Gasteiger partial charge on any atom is -0.507 e. The van der Waals surface area contributed by atoms with E-state index in [1.807, 2.05) is 4.72 Å². The smallest absolute Gasteiger partial charge is 0.339 e. The Hall–Kier alpha value is -1.43. The fourth-order valence-electron chi connectivity index (χ4n) is 6.22. The van der Waals surface area contributed by atoms with E-state index in [4.69, 9.17) is 4.74 Å². The standard InChI is InChI=1S/C36H27N5O22S5.6Na/c1-2-63-27-14-24(38-37-16-9-23(36(47)48)33(43)29(10-16)68(60,61)62)21-12-18(65(51,52)53)3-5-20(21)31(27)39-40-32-28(67(57,58)59)8-15-7-19(66(54,55)56)13-25(30(15)34(32)44)41-64(49,50)17-4-6-26(42)22(11-17)35(45)46;;;;;;/h3-14,41-44H,2H2,1H3,(H,45,46)(H,47,48)(H,51,52,53)(H,54,55,56)(H,57,58,59)(H,60,61,62);;;;;;. The molecule has 6 rings (SSSR count). The number of phenolic OH excluding ortho intramolecular Hbond substituents is 1. The fourth-order valence-corrected chi connectivity index (χ4v) is 9.64. The summed E-state index contributed by atoms with van der Waals surface area (Å²) in [5.41, 5.74) is -5.66. The number of fused-ring (bicyclic) bond motifs is 2. The zero-order valence-corrected chi connectivity index (χ0v) is 55.4. The maximum absolute atomic E-state index is 13.6. The summed E-state index contributed by atoms with van der Waals surface area (Å²) in [6.07, 6.45) is 0. The Morgan fingerprint density at radius 3 is 1.62 bits per heavy atom. The number of aromatic carboxylic acids is 2. The number of hydrogen-bond acceptors (Lipinski definition) is 20. The van der Waals surface area contributed by atoms with Crippen molar-refractivity contribution < 1.29 is 100 Å². The van der Waals surface area contributed by atoms with Crippen LogP contribution in [0.15, 0.2) is 118 Å². The molecule has 0 amide bonds. The molecule has 74 heavy (non-hydrogen) atoms. The molecule has 0 fully saturated rings. The van der Waals surface area contributed by atoms with Gasteiger partial charge in [-0.05, 0) is 73.0 Å². The van der Waals surface area contributed by atoms with Crippen molar-refractivity contribution in [2.75, 3.05) is 11.3 Å². The number of nitrogens with one attached hydrogen (secondary N) is 1. The maximum atomic E-state index is 13.6. The van der Waals surface area contributed by atoms with Crippen LogP contribution in [-0.2, 0) is 50.5 Å². The number of rotatable bonds is 15. The fraction of sp³-hybridized carbons (Fsp3) is 0.0556. The quantitative estimate of drug-likeness (QED) is 0.0401. The molecule has 6 aromatic carbocycles. The largest absolute Gasteiger partial charge is 0.507 e. The van der Waals surface area contributed by atoms with E-state index in [0.717, 1.165) is 30.3 Å². The van der Waals surface area contributed by atoms with Gasteiger partial charge in [-0.3, -0.25) is 22.9 Å². The summed E-state index contributed by atoms with van der Waals surface area (Å²) in [6.45, 7) is 1.21. The molecule has 6 radical (unpaired) electrons. The summed E-state index contributed by atoms with van der Waals surface area (Å²) in [7, 11) is -26.2. The third-order valence-electron chi connectivity index (χ3n) is 9.16. The maximum Gasteiger partial charge on any atom is 0.339 e. The average Bonchev–Trinajstić information content (AvgIpc) is 3.21. The molecule has 10 N–H and O–H groups in total. The van der Waals surface area contributed by atoms with Gasteiger partial charge in [-0.15, -0.1) is 15.3 Å². The van der Waals surface area contributed by atoms with Crippen LogP contribution < -0.4 is 9.46 Å². The van der Waals surface area contributed by atoms with Crippen molar-refractivity contribution in [2.45, 2.75) is 31.4 Å². The molecule has 38 heteroatoms. The minimum atomic E-state index is -5.56. The second kappa shape index (κ2) is 27.6. The number of benzene rings is 6. The SMILES string of the molecule is CCOc1cc(N=Nc2cc(C(=O)O)c(O)c(S(=O)(=O)O)c2)c2cc(S(=O)(=O)O)ccc2c1N=Nc1c(S(=O)(=O)O)cc2cc(S(=O)(=O)O)cc(NS(=O)(=O)c3ccc(O)c(C(=O)O)c3)c2c1O.[Na].[Na].[Na].[Na].[Na].[Na]. The number of sulfonamides is 1. The monoisotopic (exact) mass is 1180 g/mol. The van der Waals surface area contributed by atoms with Crippen molar-refractivity contribution in [3.63, 3.8) is 0 Å². The van der Waals surface area contributed by atoms with Gasteiger partial charge in [-0.25, -0.2) is 18.0 Å². The van der Waals surface area contributed by atoms with Gasteiger partial charge in [0.25, 0.3) is 50.5 Å². The molecule has 0 aliphatic heterocycles. The van der Waals surface area contributed by atoms with Crippen LogP contribution in [0.5, 0.6) is 23.0 Å². The van der Waals surface area contributed by atoms with Crippen LogP contribution in [-0.4, -0.2) is 282 Å². The van der Waals surface area contributed by atoms with Crippen LogP contribution in [0.2, 0.25) is 0 Å². The normalized spacial score (nSPS) is 11.8. The van der Waals surface area contributed by atoms with Crippen molar-refractivity contribution in [1.29, 1.82) is 0 Å². The molecule has 0 aliphatic carbocycles. The van der Waals surface area contributed by atoms with Crippen molar-refractivity contribution in [1.82, 2.24) is 0 Å². The Morgan fingerprint density at radius 1 is 0.541 bits per heavy atom. The van der Waals surface area contributed by atoms with E-state index in [1.165, 1.54) is 6.92 Å².